The van der Waals surface area contributed by atoms with E-state index in [1.165, 1.54) is 0 Å². The Morgan fingerprint density at radius 3 is 3.16 bits per heavy atom. The number of carbonyl (C=O) groups is 1. The van der Waals surface area contributed by atoms with Gasteiger partial charge in [0, 0.05) is 32.4 Å². The number of carbonyl (C=O) groups excluding carboxylic acids is 1. The van der Waals surface area contributed by atoms with E-state index in [9.17, 15) is 4.79 Å². The second kappa shape index (κ2) is 5.71. The van der Waals surface area contributed by atoms with Crippen molar-refractivity contribution in [2.45, 2.75) is 32.0 Å². The summed E-state index contributed by atoms with van der Waals surface area (Å²) in [5.74, 6) is 0.113. The van der Waals surface area contributed by atoms with Crippen LogP contribution in [0.3, 0.4) is 0 Å². The summed E-state index contributed by atoms with van der Waals surface area (Å²) in [4.78, 5) is 13.8. The summed E-state index contributed by atoms with van der Waals surface area (Å²) in [6.07, 6.45) is 4.04. The molecule has 3 heterocycles. The number of rotatable bonds is 3. The second-order valence-corrected chi connectivity index (χ2v) is 5.16. The minimum absolute atomic E-state index is 0.00713. The maximum atomic E-state index is 11.9. The largest absolute Gasteiger partial charge is 0.365 e. The first-order chi connectivity index (χ1) is 9.33. The van der Waals surface area contributed by atoms with Crippen molar-refractivity contribution in [3.8, 4) is 0 Å². The molecule has 3 rings (SSSR count). The third kappa shape index (κ3) is 2.96. The smallest absolute Gasteiger partial charge is 0.248 e. The van der Waals surface area contributed by atoms with Crippen LogP contribution in [0.15, 0.2) is 12.3 Å². The number of fused-ring (bicyclic) bond motifs is 1. The van der Waals surface area contributed by atoms with Crippen molar-refractivity contribution in [3.63, 3.8) is 0 Å². The molecule has 1 fully saturated rings. The van der Waals surface area contributed by atoms with Gasteiger partial charge in [0.25, 0.3) is 0 Å². The topological polar surface area (TPSA) is 59.4 Å². The Bertz CT molecular complexity index is 440. The van der Waals surface area contributed by atoms with Gasteiger partial charge in [-0.2, -0.15) is 5.10 Å². The first kappa shape index (κ1) is 12.6. The molecule has 2 aliphatic rings. The molecule has 0 bridgehead atoms. The lowest BCUT2D eigenvalue weighted by Crippen LogP contribution is -2.36. The van der Waals surface area contributed by atoms with E-state index in [0.29, 0.717) is 6.54 Å². The van der Waals surface area contributed by atoms with E-state index in [1.54, 1.807) is 6.20 Å². The molecule has 0 aromatic carbocycles. The van der Waals surface area contributed by atoms with Crippen LogP contribution in [0.25, 0.3) is 0 Å². The van der Waals surface area contributed by atoms with Gasteiger partial charge in [-0.15, -0.1) is 0 Å². The van der Waals surface area contributed by atoms with Gasteiger partial charge in [-0.3, -0.25) is 9.48 Å². The molecule has 6 nitrogen and oxygen atoms in total. The molecule has 19 heavy (non-hydrogen) atoms. The number of aromatic nitrogens is 2. The maximum absolute atomic E-state index is 11.9. The number of hydrogen-bond donors (Lipinski definition) is 1. The van der Waals surface area contributed by atoms with Crippen molar-refractivity contribution < 1.29 is 9.53 Å². The van der Waals surface area contributed by atoms with Crippen LogP contribution >= 0.6 is 0 Å². The van der Waals surface area contributed by atoms with Crippen LogP contribution in [-0.4, -0.2) is 52.9 Å². The van der Waals surface area contributed by atoms with Crippen LogP contribution in [0.4, 0.5) is 0 Å². The molecular formula is C13H20N4O2. The molecule has 104 valence electrons. The number of amides is 1. The molecule has 1 aromatic heterocycles. The molecule has 0 saturated carbocycles. The third-order valence-electron chi connectivity index (χ3n) is 3.76. The van der Waals surface area contributed by atoms with E-state index < -0.39 is 0 Å². The van der Waals surface area contributed by atoms with Crippen LogP contribution in [-0.2, 0) is 22.6 Å². The zero-order valence-electron chi connectivity index (χ0n) is 11.0. The first-order valence-corrected chi connectivity index (χ1v) is 6.94. The predicted molar refractivity (Wildman–Crippen MR) is 69.5 cm³/mol. The third-order valence-corrected chi connectivity index (χ3v) is 3.76. The van der Waals surface area contributed by atoms with Crippen molar-refractivity contribution in [1.82, 2.24) is 20.0 Å². The Morgan fingerprint density at radius 1 is 1.47 bits per heavy atom. The number of likely N-dealkylation sites (tertiary alicyclic amines) is 1. The number of ether oxygens (including phenoxy) is 1. The fourth-order valence-corrected chi connectivity index (χ4v) is 2.65. The monoisotopic (exact) mass is 264 g/mol. The highest BCUT2D eigenvalue weighted by molar-refractivity contribution is 5.77. The van der Waals surface area contributed by atoms with Gasteiger partial charge in [-0.1, -0.05) is 0 Å². The molecular weight excluding hydrogens is 244 g/mol. The molecule has 1 saturated heterocycles. The predicted octanol–water partition coefficient (Wildman–Crippen LogP) is -0.00610. The number of hydrogen-bond acceptors (Lipinski definition) is 4. The fraction of sp³-hybridized carbons (Fsp3) is 0.692. The first-order valence-electron chi connectivity index (χ1n) is 6.94. The Morgan fingerprint density at radius 2 is 2.32 bits per heavy atom. The zero-order valence-corrected chi connectivity index (χ0v) is 11.0. The Kier molecular flexibility index (Phi) is 3.79. The van der Waals surface area contributed by atoms with E-state index in [1.807, 2.05) is 15.6 Å². The molecule has 1 N–H and O–H groups in total. The van der Waals surface area contributed by atoms with E-state index in [0.717, 1.165) is 44.7 Å². The summed E-state index contributed by atoms with van der Waals surface area (Å²) >= 11 is 0. The molecule has 1 amide bonds. The summed E-state index contributed by atoms with van der Waals surface area (Å²) in [6.45, 7) is 4.23. The van der Waals surface area contributed by atoms with Gasteiger partial charge in [-0.25, -0.2) is 0 Å². The normalized spacial score (nSPS) is 23.2. The summed E-state index contributed by atoms with van der Waals surface area (Å²) in [7, 11) is 0. The van der Waals surface area contributed by atoms with E-state index in [2.05, 4.69) is 10.4 Å². The number of nitrogens with zero attached hydrogens (tertiary/aromatic N) is 3. The highest BCUT2D eigenvalue weighted by Gasteiger charge is 2.21. The van der Waals surface area contributed by atoms with Gasteiger partial charge >= 0.3 is 0 Å². The van der Waals surface area contributed by atoms with Crippen molar-refractivity contribution in [1.29, 1.82) is 0 Å². The lowest BCUT2D eigenvalue weighted by atomic mass is 10.3. The lowest BCUT2D eigenvalue weighted by Gasteiger charge is -2.19. The van der Waals surface area contributed by atoms with Crippen LogP contribution < -0.4 is 5.32 Å². The molecule has 1 unspecified atom stereocenters. The molecule has 6 heteroatoms. The SMILES string of the molecule is O=C(COC1CNCc2ccnn2C1)N1CCCC1. The average molecular weight is 264 g/mol. The van der Waals surface area contributed by atoms with Crippen LogP contribution in [0, 0.1) is 0 Å². The van der Waals surface area contributed by atoms with Gasteiger partial charge in [0.15, 0.2) is 0 Å². The van der Waals surface area contributed by atoms with Gasteiger partial charge in [0.2, 0.25) is 5.91 Å². The van der Waals surface area contributed by atoms with Gasteiger partial charge in [0.05, 0.1) is 18.3 Å². The van der Waals surface area contributed by atoms with Crippen molar-refractivity contribution in [3.05, 3.63) is 18.0 Å². The van der Waals surface area contributed by atoms with E-state index >= 15 is 0 Å². The highest BCUT2D eigenvalue weighted by Crippen LogP contribution is 2.10. The summed E-state index contributed by atoms with van der Waals surface area (Å²) < 4.78 is 7.70. The van der Waals surface area contributed by atoms with Gasteiger partial charge in [0.1, 0.15) is 6.61 Å². The van der Waals surface area contributed by atoms with Gasteiger partial charge in [-0.05, 0) is 18.9 Å². The summed E-state index contributed by atoms with van der Waals surface area (Å²) in [5, 5.41) is 7.60. The number of nitrogens with one attached hydrogen (secondary N) is 1. The van der Waals surface area contributed by atoms with Gasteiger partial charge < -0.3 is 15.0 Å². The minimum Gasteiger partial charge on any atom is -0.365 e. The Labute approximate surface area is 112 Å². The van der Waals surface area contributed by atoms with Crippen LogP contribution in [0.1, 0.15) is 18.5 Å². The molecule has 0 radical (unpaired) electrons. The summed E-state index contributed by atoms with van der Waals surface area (Å²) in [5.41, 5.74) is 1.16. The summed E-state index contributed by atoms with van der Waals surface area (Å²) in [6, 6.07) is 2.00. The Balaban J connectivity index is 1.51. The van der Waals surface area contributed by atoms with Crippen molar-refractivity contribution in [2.75, 3.05) is 26.2 Å². The van der Waals surface area contributed by atoms with Crippen LogP contribution in [0.2, 0.25) is 0 Å². The minimum atomic E-state index is 0.00713. The molecule has 2 aliphatic heterocycles. The molecule has 0 spiro atoms. The fourth-order valence-electron chi connectivity index (χ4n) is 2.65. The van der Waals surface area contributed by atoms with Crippen molar-refractivity contribution >= 4 is 5.91 Å². The lowest BCUT2D eigenvalue weighted by molar-refractivity contribution is -0.137. The highest BCUT2D eigenvalue weighted by atomic mass is 16.5. The quantitative estimate of drug-likeness (QED) is 0.834. The molecule has 0 aliphatic carbocycles. The van der Waals surface area contributed by atoms with E-state index in [-0.39, 0.29) is 18.6 Å². The second-order valence-electron chi connectivity index (χ2n) is 5.16. The maximum Gasteiger partial charge on any atom is 0.248 e. The Hall–Kier alpha value is -1.40. The molecule has 1 aromatic rings. The molecule has 1 atom stereocenters. The average Bonchev–Trinajstić information content (AvgIpc) is 3.05. The van der Waals surface area contributed by atoms with E-state index in [4.69, 9.17) is 4.74 Å². The standard InChI is InChI=1S/C13H20N4O2/c18-13(16-5-1-2-6-16)10-19-12-8-14-7-11-3-4-15-17(11)9-12/h3-4,12,14H,1-2,5-10H2. The van der Waals surface area contributed by atoms with Crippen molar-refractivity contribution in [2.24, 2.45) is 0 Å². The zero-order chi connectivity index (χ0) is 13.1. The van der Waals surface area contributed by atoms with Crippen LogP contribution in [0.5, 0.6) is 0 Å².